The predicted molar refractivity (Wildman–Crippen MR) is 124 cm³/mol. The van der Waals surface area contributed by atoms with E-state index in [4.69, 9.17) is 14.6 Å². The van der Waals surface area contributed by atoms with Crippen LogP contribution in [0.25, 0.3) is 0 Å². The number of aliphatic hydroxyl groups excluding tert-OH is 5. The number of ether oxygens (including phenoxy) is 2. The van der Waals surface area contributed by atoms with Crippen LogP contribution >= 0.6 is 0 Å². The number of aliphatic hydroxyl groups is 5. The van der Waals surface area contributed by atoms with Crippen LogP contribution in [0.15, 0.2) is 59.7 Å². The second-order valence-electron chi connectivity index (χ2n) is 7.93. The normalized spacial score (nSPS) is 24.4. The topological polar surface area (TPSA) is 161 Å². The number of amides is 1. The quantitative estimate of drug-likeness (QED) is 0.239. The molecule has 34 heavy (non-hydrogen) atoms. The van der Waals surface area contributed by atoms with Crippen molar-refractivity contribution in [3.05, 3.63) is 65.7 Å². The molecule has 0 saturated carbocycles. The van der Waals surface area contributed by atoms with E-state index >= 15 is 0 Å². The van der Waals surface area contributed by atoms with Gasteiger partial charge in [0.25, 0.3) is 0 Å². The van der Waals surface area contributed by atoms with Crippen molar-refractivity contribution in [2.24, 2.45) is 5.10 Å². The number of hydrogen-bond donors (Lipinski definition) is 6. The molecule has 10 nitrogen and oxygen atoms in total. The van der Waals surface area contributed by atoms with Crippen molar-refractivity contribution in [3.63, 3.8) is 0 Å². The lowest BCUT2D eigenvalue weighted by Gasteiger charge is -2.39. The Bertz CT molecular complexity index is 887. The van der Waals surface area contributed by atoms with Gasteiger partial charge in [-0.3, -0.25) is 4.79 Å². The molecular weight excluding hydrogens is 444 g/mol. The number of nitrogens with zero attached hydrogens (tertiary/aromatic N) is 1. The maximum Gasteiger partial charge on any atom is 0.244 e. The summed E-state index contributed by atoms with van der Waals surface area (Å²) in [5.41, 5.74) is 4.04. The fourth-order valence-electron chi connectivity index (χ4n) is 2.93. The number of rotatable bonds is 7. The molecular formula is C24H32N2O8. The minimum atomic E-state index is -1.51. The van der Waals surface area contributed by atoms with Crippen molar-refractivity contribution in [2.45, 2.75) is 57.1 Å². The highest BCUT2D eigenvalue weighted by molar-refractivity contribution is 5.83. The summed E-state index contributed by atoms with van der Waals surface area (Å²) in [5, 5.41) is 50.8. The Morgan fingerprint density at radius 2 is 1.68 bits per heavy atom. The maximum absolute atomic E-state index is 11.9. The third kappa shape index (κ3) is 8.82. The lowest BCUT2D eigenvalue weighted by Crippen LogP contribution is -2.60. The van der Waals surface area contributed by atoms with Crippen LogP contribution in [0.2, 0.25) is 0 Å². The molecule has 0 bridgehead atoms. The molecule has 3 rings (SSSR count). The molecule has 1 saturated heterocycles. The monoisotopic (exact) mass is 476 g/mol. The van der Waals surface area contributed by atoms with Crippen LogP contribution in [-0.4, -0.2) is 81.1 Å². The minimum absolute atomic E-state index is 0.167. The molecule has 1 aliphatic heterocycles. The molecule has 2 aromatic rings. The van der Waals surface area contributed by atoms with Gasteiger partial charge in [0.15, 0.2) is 0 Å². The fourth-order valence-corrected chi connectivity index (χ4v) is 2.93. The second-order valence-corrected chi connectivity index (χ2v) is 7.93. The van der Waals surface area contributed by atoms with Gasteiger partial charge in [-0.15, -0.1) is 0 Å². The van der Waals surface area contributed by atoms with Crippen LogP contribution in [0.1, 0.15) is 25.0 Å². The van der Waals surface area contributed by atoms with Crippen molar-refractivity contribution < 1.29 is 39.8 Å². The average Bonchev–Trinajstić information content (AvgIpc) is 2.81. The van der Waals surface area contributed by atoms with E-state index in [2.05, 4.69) is 10.5 Å². The summed E-state index contributed by atoms with van der Waals surface area (Å²) < 4.78 is 10.8. The maximum atomic E-state index is 11.9. The molecule has 0 radical (unpaired) electrons. The van der Waals surface area contributed by atoms with Crippen LogP contribution in [0.4, 0.5) is 0 Å². The third-order valence-corrected chi connectivity index (χ3v) is 4.59. The van der Waals surface area contributed by atoms with Gasteiger partial charge < -0.3 is 35.0 Å². The summed E-state index contributed by atoms with van der Waals surface area (Å²) in [6, 6.07) is 15.8. The van der Waals surface area contributed by atoms with E-state index in [9.17, 15) is 25.2 Å². The highest BCUT2D eigenvalue weighted by atomic mass is 16.7. The van der Waals surface area contributed by atoms with E-state index in [-0.39, 0.29) is 18.4 Å². The largest absolute Gasteiger partial charge is 0.462 e. The predicted octanol–water partition coefficient (Wildman–Crippen LogP) is -0.0548. The molecule has 186 valence electrons. The number of hydrazone groups is 1. The zero-order valence-electron chi connectivity index (χ0n) is 19.1. The third-order valence-electron chi connectivity index (χ3n) is 4.59. The highest BCUT2D eigenvalue weighted by Gasteiger charge is 2.44. The van der Waals surface area contributed by atoms with Gasteiger partial charge in [-0.25, -0.2) is 5.43 Å². The molecule has 5 atom stereocenters. The summed E-state index contributed by atoms with van der Waals surface area (Å²) in [4.78, 5) is 11.9. The van der Waals surface area contributed by atoms with Crippen molar-refractivity contribution in [3.8, 4) is 5.75 Å². The average molecular weight is 477 g/mol. The summed E-state index contributed by atoms with van der Waals surface area (Å²) in [6.45, 7) is 2.91. The highest BCUT2D eigenvalue weighted by Crippen LogP contribution is 2.24. The summed E-state index contributed by atoms with van der Waals surface area (Å²) in [6.07, 6.45) is -5.20. The second kappa shape index (κ2) is 13.8. The SMILES string of the molecule is CC(C)O.O=C(Cc1ccccc1)N/N=C/c1ccc(O[C@@H]2O[C@H](CO)[C@@H](O)[C@H](O)[C@H]2O)cc1. The fraction of sp³-hybridized carbons (Fsp3) is 0.417. The molecule has 10 heteroatoms. The Hall–Kier alpha value is -2.86. The van der Waals surface area contributed by atoms with E-state index in [1.165, 1.54) is 6.21 Å². The zero-order valence-corrected chi connectivity index (χ0v) is 19.1. The Morgan fingerprint density at radius 3 is 2.26 bits per heavy atom. The van der Waals surface area contributed by atoms with Gasteiger partial charge in [0.05, 0.1) is 19.2 Å². The lowest BCUT2D eigenvalue weighted by molar-refractivity contribution is -0.277. The molecule has 0 aliphatic carbocycles. The first-order valence-electron chi connectivity index (χ1n) is 10.8. The summed E-state index contributed by atoms with van der Waals surface area (Å²) in [7, 11) is 0. The van der Waals surface area contributed by atoms with E-state index in [1.54, 1.807) is 38.1 Å². The number of nitrogens with one attached hydrogen (secondary N) is 1. The first kappa shape index (κ1) is 27.4. The van der Waals surface area contributed by atoms with Crippen LogP contribution in [0, 0.1) is 0 Å². The van der Waals surface area contributed by atoms with Gasteiger partial charge in [-0.2, -0.15) is 5.10 Å². The van der Waals surface area contributed by atoms with Crippen molar-refractivity contribution in [2.75, 3.05) is 6.61 Å². The first-order valence-corrected chi connectivity index (χ1v) is 10.8. The van der Waals surface area contributed by atoms with Crippen molar-refractivity contribution in [1.82, 2.24) is 5.43 Å². The van der Waals surface area contributed by atoms with Crippen LogP contribution in [-0.2, 0) is 16.0 Å². The van der Waals surface area contributed by atoms with Crippen molar-refractivity contribution >= 4 is 12.1 Å². The lowest BCUT2D eigenvalue weighted by atomic mass is 9.99. The van der Waals surface area contributed by atoms with Gasteiger partial charge in [0.2, 0.25) is 12.2 Å². The van der Waals surface area contributed by atoms with Gasteiger partial charge in [-0.1, -0.05) is 30.3 Å². The minimum Gasteiger partial charge on any atom is -0.462 e. The van der Waals surface area contributed by atoms with E-state index in [0.717, 1.165) is 5.56 Å². The van der Waals surface area contributed by atoms with Gasteiger partial charge in [0, 0.05) is 6.10 Å². The molecule has 6 N–H and O–H groups in total. The molecule has 0 spiro atoms. The molecule has 0 unspecified atom stereocenters. The van der Waals surface area contributed by atoms with Gasteiger partial charge in [-0.05, 0) is 49.2 Å². The summed E-state index contributed by atoms with van der Waals surface area (Å²) >= 11 is 0. The number of benzene rings is 2. The molecule has 1 fully saturated rings. The standard InChI is InChI=1S/C21H24N2O7.C3H8O/c24-12-16-18(26)19(27)20(28)21(30-16)29-15-8-6-14(7-9-15)11-22-23-17(25)10-13-4-2-1-3-5-13;1-3(2)4/h1-9,11,16,18-21,24,26-28H,10,12H2,(H,23,25);3-4H,1-2H3/b22-11+;/t16-,18-,19+,20-,21-;/m1./s1. The molecule has 1 aliphatic rings. The van der Waals surface area contributed by atoms with Crippen molar-refractivity contribution in [1.29, 1.82) is 0 Å². The molecule has 1 heterocycles. The molecule has 1 amide bonds. The van der Waals surface area contributed by atoms with E-state index < -0.39 is 37.3 Å². The smallest absolute Gasteiger partial charge is 0.244 e. The Labute approximate surface area is 198 Å². The molecule has 2 aromatic carbocycles. The Balaban J connectivity index is 0.000000945. The Morgan fingerprint density at radius 1 is 1.06 bits per heavy atom. The Kier molecular flexibility index (Phi) is 11.1. The number of carbonyl (C=O) groups excluding carboxylic acids is 1. The number of hydrogen-bond acceptors (Lipinski definition) is 9. The van der Waals surface area contributed by atoms with E-state index in [1.807, 2.05) is 30.3 Å². The van der Waals surface area contributed by atoms with Crippen LogP contribution in [0.3, 0.4) is 0 Å². The summed E-state index contributed by atoms with van der Waals surface area (Å²) in [5.74, 6) is 0.101. The molecule has 0 aromatic heterocycles. The van der Waals surface area contributed by atoms with Gasteiger partial charge >= 0.3 is 0 Å². The van der Waals surface area contributed by atoms with Gasteiger partial charge in [0.1, 0.15) is 30.2 Å². The van der Waals surface area contributed by atoms with E-state index in [0.29, 0.717) is 11.3 Å². The zero-order chi connectivity index (χ0) is 25.1. The first-order chi connectivity index (χ1) is 16.2. The van der Waals surface area contributed by atoms with Crippen LogP contribution < -0.4 is 10.2 Å². The number of carbonyl (C=O) groups is 1. The van der Waals surface area contributed by atoms with Crippen LogP contribution in [0.5, 0.6) is 5.75 Å².